The summed E-state index contributed by atoms with van der Waals surface area (Å²) in [6.07, 6.45) is 8.67. The van der Waals surface area contributed by atoms with E-state index in [0.717, 1.165) is 24.0 Å². The fourth-order valence-corrected chi connectivity index (χ4v) is 1.97. The summed E-state index contributed by atoms with van der Waals surface area (Å²) in [5.41, 5.74) is 1.99. The number of ether oxygens (including phenoxy) is 1. The predicted molar refractivity (Wildman–Crippen MR) is 76.3 cm³/mol. The number of nitrogens with zero attached hydrogens (tertiary/aromatic N) is 1. The summed E-state index contributed by atoms with van der Waals surface area (Å²) in [6.45, 7) is 3.87. The van der Waals surface area contributed by atoms with Crippen LogP contribution < -0.4 is 4.74 Å². The highest BCUT2D eigenvalue weighted by molar-refractivity contribution is 6.33. The van der Waals surface area contributed by atoms with Gasteiger partial charge in [0.2, 0.25) is 0 Å². The molecule has 0 saturated carbocycles. The summed E-state index contributed by atoms with van der Waals surface area (Å²) < 4.78 is 5.33. The monoisotopic (exact) mass is 277 g/mol. The molecule has 1 aliphatic rings. The first-order valence-corrected chi connectivity index (χ1v) is 6.56. The van der Waals surface area contributed by atoms with Crippen LogP contribution in [0.4, 0.5) is 4.79 Å². The molecule has 0 spiro atoms. The lowest BCUT2D eigenvalue weighted by atomic mass is 10.1. The molecule has 0 atom stereocenters. The number of hydrogen-bond donors (Lipinski definition) is 0. The predicted octanol–water partition coefficient (Wildman–Crippen LogP) is 4.58. The molecule has 1 aromatic rings. The second kappa shape index (κ2) is 5.93. The quantitative estimate of drug-likeness (QED) is 0.752. The standard InChI is InChI=1S/C15H16ClNO2/c1-11-7-8-13(14(16)12(11)2)19-15(18)17-9-5-3-4-6-10-17/h5-10H,3-4H2,1-2H3. The van der Waals surface area contributed by atoms with Gasteiger partial charge in [0.25, 0.3) is 0 Å². The van der Waals surface area contributed by atoms with Crippen molar-refractivity contribution in [1.29, 1.82) is 0 Å². The topological polar surface area (TPSA) is 29.5 Å². The minimum absolute atomic E-state index is 0.390. The summed E-state index contributed by atoms with van der Waals surface area (Å²) in [4.78, 5) is 13.4. The van der Waals surface area contributed by atoms with Crippen molar-refractivity contribution in [2.75, 3.05) is 0 Å². The van der Waals surface area contributed by atoms with E-state index >= 15 is 0 Å². The van der Waals surface area contributed by atoms with Gasteiger partial charge in [-0.15, -0.1) is 0 Å². The van der Waals surface area contributed by atoms with Crippen LogP contribution in [-0.4, -0.2) is 11.0 Å². The molecule has 4 heteroatoms. The third-order valence-electron chi connectivity index (χ3n) is 3.06. The van der Waals surface area contributed by atoms with Crippen LogP contribution >= 0.6 is 11.6 Å². The molecular weight excluding hydrogens is 262 g/mol. The van der Waals surface area contributed by atoms with E-state index in [9.17, 15) is 4.79 Å². The Kier molecular flexibility index (Phi) is 4.27. The number of allylic oxidation sites excluding steroid dienone is 2. The highest BCUT2D eigenvalue weighted by Crippen LogP contribution is 2.30. The van der Waals surface area contributed by atoms with Crippen molar-refractivity contribution >= 4 is 17.7 Å². The molecule has 2 rings (SSSR count). The first kappa shape index (κ1) is 13.7. The van der Waals surface area contributed by atoms with E-state index in [4.69, 9.17) is 16.3 Å². The van der Waals surface area contributed by atoms with E-state index in [-0.39, 0.29) is 0 Å². The normalized spacial score (nSPS) is 14.4. The Morgan fingerprint density at radius 2 is 1.84 bits per heavy atom. The van der Waals surface area contributed by atoms with Crippen molar-refractivity contribution in [3.05, 3.63) is 52.8 Å². The summed E-state index contributed by atoms with van der Waals surface area (Å²) in [6, 6.07) is 3.60. The van der Waals surface area contributed by atoms with Gasteiger partial charge in [0.1, 0.15) is 0 Å². The van der Waals surface area contributed by atoms with Gasteiger partial charge in [0.05, 0.1) is 5.02 Å². The van der Waals surface area contributed by atoms with Crippen LogP contribution in [0.2, 0.25) is 5.02 Å². The molecule has 0 unspecified atom stereocenters. The largest absolute Gasteiger partial charge is 0.423 e. The van der Waals surface area contributed by atoms with Crippen molar-refractivity contribution in [1.82, 2.24) is 4.90 Å². The zero-order chi connectivity index (χ0) is 13.8. The molecule has 1 amide bonds. The maximum absolute atomic E-state index is 12.0. The second-order valence-electron chi connectivity index (χ2n) is 4.44. The second-order valence-corrected chi connectivity index (χ2v) is 4.82. The number of rotatable bonds is 1. The van der Waals surface area contributed by atoms with Crippen molar-refractivity contribution in [3.8, 4) is 5.75 Å². The minimum atomic E-state index is -0.459. The molecule has 19 heavy (non-hydrogen) atoms. The van der Waals surface area contributed by atoms with Gasteiger partial charge in [-0.1, -0.05) is 29.8 Å². The van der Waals surface area contributed by atoms with Crippen LogP contribution in [0.5, 0.6) is 5.75 Å². The lowest BCUT2D eigenvalue weighted by Crippen LogP contribution is -2.23. The Balaban J connectivity index is 2.17. The molecule has 100 valence electrons. The summed E-state index contributed by atoms with van der Waals surface area (Å²) in [7, 11) is 0. The number of benzene rings is 1. The Morgan fingerprint density at radius 1 is 1.21 bits per heavy atom. The van der Waals surface area contributed by atoms with E-state index in [1.54, 1.807) is 18.5 Å². The number of aryl methyl sites for hydroxylation is 1. The third kappa shape index (κ3) is 3.18. The average Bonchev–Trinajstić information content (AvgIpc) is 2.68. The van der Waals surface area contributed by atoms with Gasteiger partial charge < -0.3 is 4.74 Å². The lowest BCUT2D eigenvalue weighted by Gasteiger charge is -2.14. The van der Waals surface area contributed by atoms with E-state index in [1.807, 2.05) is 32.1 Å². The fourth-order valence-electron chi connectivity index (χ4n) is 1.72. The molecule has 1 aliphatic heterocycles. The van der Waals surface area contributed by atoms with Gasteiger partial charge in [0, 0.05) is 12.4 Å². The van der Waals surface area contributed by atoms with Crippen molar-refractivity contribution in [2.24, 2.45) is 0 Å². The van der Waals surface area contributed by atoms with Crippen molar-refractivity contribution in [2.45, 2.75) is 26.7 Å². The van der Waals surface area contributed by atoms with E-state index in [0.29, 0.717) is 10.8 Å². The highest BCUT2D eigenvalue weighted by Gasteiger charge is 2.15. The van der Waals surface area contributed by atoms with Crippen LogP contribution in [0.25, 0.3) is 0 Å². The number of amides is 1. The SMILES string of the molecule is Cc1ccc(OC(=O)N2C=CCCC=C2)c(Cl)c1C. The van der Waals surface area contributed by atoms with Crippen LogP contribution in [0.1, 0.15) is 24.0 Å². The van der Waals surface area contributed by atoms with Gasteiger partial charge in [0.15, 0.2) is 5.75 Å². The molecule has 0 N–H and O–H groups in total. The lowest BCUT2D eigenvalue weighted by molar-refractivity contribution is 0.182. The number of hydrogen-bond acceptors (Lipinski definition) is 2. The molecule has 1 aromatic carbocycles. The molecule has 1 heterocycles. The number of halogens is 1. The minimum Gasteiger partial charge on any atom is -0.408 e. The number of carbonyl (C=O) groups is 1. The zero-order valence-corrected chi connectivity index (χ0v) is 11.8. The van der Waals surface area contributed by atoms with Gasteiger partial charge >= 0.3 is 6.09 Å². The molecular formula is C15H16ClNO2. The van der Waals surface area contributed by atoms with Gasteiger partial charge in [-0.3, -0.25) is 4.90 Å². The maximum atomic E-state index is 12.0. The fraction of sp³-hybridized carbons (Fsp3) is 0.267. The average molecular weight is 278 g/mol. The van der Waals surface area contributed by atoms with E-state index in [2.05, 4.69) is 0 Å². The van der Waals surface area contributed by atoms with Crippen LogP contribution in [0, 0.1) is 13.8 Å². The molecule has 0 fully saturated rings. The molecule has 0 bridgehead atoms. The van der Waals surface area contributed by atoms with Crippen LogP contribution in [0.15, 0.2) is 36.7 Å². The van der Waals surface area contributed by atoms with E-state index < -0.39 is 6.09 Å². The number of carbonyl (C=O) groups excluding carboxylic acids is 1. The van der Waals surface area contributed by atoms with Crippen molar-refractivity contribution in [3.63, 3.8) is 0 Å². The van der Waals surface area contributed by atoms with E-state index in [1.165, 1.54) is 4.90 Å². The smallest absolute Gasteiger partial charge is 0.408 e. The van der Waals surface area contributed by atoms with Gasteiger partial charge in [-0.2, -0.15) is 0 Å². The first-order valence-electron chi connectivity index (χ1n) is 6.19. The van der Waals surface area contributed by atoms with Crippen molar-refractivity contribution < 1.29 is 9.53 Å². The summed E-state index contributed by atoms with van der Waals surface area (Å²) in [5, 5.41) is 0.483. The Hall–Kier alpha value is -1.74. The zero-order valence-electron chi connectivity index (χ0n) is 11.0. The summed E-state index contributed by atoms with van der Waals surface area (Å²) >= 11 is 6.18. The molecule has 3 nitrogen and oxygen atoms in total. The molecule has 0 saturated heterocycles. The molecule has 0 radical (unpaired) electrons. The maximum Gasteiger partial charge on any atom is 0.423 e. The molecule has 0 aliphatic carbocycles. The van der Waals surface area contributed by atoms with Gasteiger partial charge in [-0.05, 0) is 43.9 Å². The Labute approximate surface area is 118 Å². The highest BCUT2D eigenvalue weighted by atomic mass is 35.5. The Morgan fingerprint density at radius 3 is 2.47 bits per heavy atom. The first-order chi connectivity index (χ1) is 9.09. The summed E-state index contributed by atoms with van der Waals surface area (Å²) in [5.74, 6) is 0.390. The van der Waals surface area contributed by atoms with Crippen LogP contribution in [-0.2, 0) is 0 Å². The molecule has 0 aromatic heterocycles. The van der Waals surface area contributed by atoms with Gasteiger partial charge in [-0.25, -0.2) is 4.79 Å². The van der Waals surface area contributed by atoms with Crippen LogP contribution in [0.3, 0.4) is 0 Å². The third-order valence-corrected chi connectivity index (χ3v) is 3.53. The Bertz CT molecular complexity index is 535.